The van der Waals surface area contributed by atoms with Gasteiger partial charge in [0.25, 0.3) is 7.52 Å². The van der Waals surface area contributed by atoms with Crippen molar-refractivity contribution in [2.45, 2.75) is 6.04 Å². The van der Waals surface area contributed by atoms with Crippen molar-refractivity contribution in [3.63, 3.8) is 0 Å². The molecule has 2 atom stereocenters. The number of hydrogen-bond donors (Lipinski definition) is 2. The van der Waals surface area contributed by atoms with Crippen molar-refractivity contribution in [1.82, 2.24) is 4.67 Å². The summed E-state index contributed by atoms with van der Waals surface area (Å²) in [6.45, 7) is 0. The Labute approximate surface area is 65.7 Å². The highest BCUT2D eigenvalue weighted by Gasteiger charge is 2.24. The Bertz CT molecular complexity index is 183. The molecule has 0 aromatic carbocycles. The topological polar surface area (TPSA) is 83.6 Å². The first-order chi connectivity index (χ1) is 4.90. The van der Waals surface area contributed by atoms with Crippen LogP contribution in [-0.2, 0) is 9.36 Å². The van der Waals surface area contributed by atoms with Crippen LogP contribution < -0.4 is 5.73 Å². The van der Waals surface area contributed by atoms with Gasteiger partial charge in [-0.3, -0.25) is 4.57 Å². The summed E-state index contributed by atoms with van der Waals surface area (Å²) in [5.74, 6) is 0. The van der Waals surface area contributed by atoms with Gasteiger partial charge in [-0.2, -0.15) is 0 Å². The van der Waals surface area contributed by atoms with Crippen molar-refractivity contribution < 1.29 is 14.3 Å². The lowest BCUT2D eigenvalue weighted by atomic mass is 10.4. The molecule has 66 valence electrons. The maximum Gasteiger partial charge on any atom is 0.271 e. The van der Waals surface area contributed by atoms with Crippen LogP contribution in [0.2, 0.25) is 0 Å². The van der Waals surface area contributed by atoms with E-state index in [0.717, 1.165) is 0 Å². The number of hydrogen-bond acceptors (Lipinski definition) is 3. The van der Waals surface area contributed by atoms with E-state index in [2.05, 4.69) is 0 Å². The van der Waals surface area contributed by atoms with Gasteiger partial charge >= 0.3 is 0 Å². The van der Waals surface area contributed by atoms with Crippen LogP contribution in [0.5, 0.6) is 0 Å². The van der Waals surface area contributed by atoms with Gasteiger partial charge in [-0.1, -0.05) is 0 Å². The summed E-state index contributed by atoms with van der Waals surface area (Å²) in [4.78, 5) is 19.2. The molecule has 0 heterocycles. The van der Waals surface area contributed by atoms with Gasteiger partial charge in [0.05, 0.1) is 12.2 Å². The summed E-state index contributed by atoms with van der Waals surface area (Å²) < 4.78 is 12.3. The van der Waals surface area contributed by atoms with E-state index in [1.165, 1.54) is 18.8 Å². The fourth-order valence-corrected chi connectivity index (χ4v) is 1.44. The van der Waals surface area contributed by atoms with Crippen LogP contribution in [0, 0.1) is 0 Å². The average Bonchev–Trinajstić information content (AvgIpc) is 1.86. The number of nitrogens with two attached hydrogens (primary N) is 1. The highest BCUT2D eigenvalue weighted by atomic mass is 31.2. The molecule has 2 unspecified atom stereocenters. The Morgan fingerprint density at radius 3 is 2.45 bits per heavy atom. The number of aldehydes is 1. The van der Waals surface area contributed by atoms with E-state index < -0.39 is 13.6 Å². The fraction of sp³-hybridized carbons (Fsp3) is 0.800. The first-order valence-electron chi connectivity index (χ1n) is 3.10. The van der Waals surface area contributed by atoms with Gasteiger partial charge in [-0.15, -0.1) is 0 Å². The zero-order valence-electron chi connectivity index (χ0n) is 6.60. The second-order valence-corrected chi connectivity index (χ2v) is 4.99. The molecule has 0 fully saturated rings. The van der Waals surface area contributed by atoms with Gasteiger partial charge < -0.3 is 15.4 Å². The Morgan fingerprint density at radius 2 is 2.18 bits per heavy atom. The maximum absolute atomic E-state index is 11.1. The van der Waals surface area contributed by atoms with Crippen LogP contribution in [0.4, 0.5) is 0 Å². The van der Waals surface area contributed by atoms with Crippen molar-refractivity contribution in [3.05, 3.63) is 0 Å². The predicted octanol–water partition coefficient (Wildman–Crippen LogP) is -0.740. The molecular formula is C5H13N2O3P. The van der Waals surface area contributed by atoms with E-state index in [9.17, 15) is 9.36 Å². The number of rotatable bonds is 4. The molecule has 0 aromatic heterocycles. The molecule has 0 radical (unpaired) electrons. The minimum atomic E-state index is -3.36. The van der Waals surface area contributed by atoms with Crippen molar-refractivity contribution in [2.24, 2.45) is 5.73 Å². The minimum Gasteiger partial charge on any atom is -0.333 e. The van der Waals surface area contributed by atoms with Crippen LogP contribution >= 0.6 is 7.52 Å². The largest absolute Gasteiger partial charge is 0.333 e. The minimum absolute atomic E-state index is 0.191. The first kappa shape index (κ1) is 10.8. The highest BCUT2D eigenvalue weighted by Crippen LogP contribution is 2.42. The predicted molar refractivity (Wildman–Crippen MR) is 42.4 cm³/mol. The van der Waals surface area contributed by atoms with Gasteiger partial charge in [-0.25, -0.2) is 4.67 Å². The van der Waals surface area contributed by atoms with E-state index in [1.807, 2.05) is 0 Å². The van der Waals surface area contributed by atoms with Crippen LogP contribution in [0.1, 0.15) is 0 Å². The van der Waals surface area contributed by atoms with Gasteiger partial charge in [-0.05, 0) is 14.1 Å². The number of carbonyl (C=O) groups excluding carboxylic acids is 1. The summed E-state index contributed by atoms with van der Waals surface area (Å²) in [5, 5.41) is 0. The summed E-state index contributed by atoms with van der Waals surface area (Å²) >= 11 is 0. The van der Waals surface area contributed by atoms with E-state index >= 15 is 0 Å². The molecule has 0 spiro atoms. The van der Waals surface area contributed by atoms with Crippen molar-refractivity contribution >= 4 is 13.8 Å². The molecule has 0 amide bonds. The molecule has 0 aliphatic rings. The molecule has 6 heteroatoms. The third kappa shape index (κ3) is 3.62. The quantitative estimate of drug-likeness (QED) is 0.439. The molecule has 0 aliphatic carbocycles. The molecule has 11 heavy (non-hydrogen) atoms. The average molecular weight is 180 g/mol. The van der Waals surface area contributed by atoms with Crippen molar-refractivity contribution in [1.29, 1.82) is 0 Å². The standard InChI is InChI=1S/C5H13N2O3P/c1-7(2)11(9,10)4-5(6)3-8/h3,5H,4,6H2,1-2H3,(H,9,10). The maximum atomic E-state index is 11.1. The Kier molecular flexibility index (Phi) is 3.89. The summed E-state index contributed by atoms with van der Waals surface area (Å²) in [6, 6.07) is -0.853. The fourth-order valence-electron chi connectivity index (χ4n) is 0.481. The smallest absolute Gasteiger partial charge is 0.271 e. The summed E-state index contributed by atoms with van der Waals surface area (Å²) in [5.41, 5.74) is 5.17. The second-order valence-electron chi connectivity index (χ2n) is 2.49. The van der Waals surface area contributed by atoms with E-state index in [4.69, 9.17) is 10.6 Å². The highest BCUT2D eigenvalue weighted by molar-refractivity contribution is 7.55. The molecule has 0 aliphatic heterocycles. The lowest BCUT2D eigenvalue weighted by Gasteiger charge is -2.19. The molecular weight excluding hydrogens is 167 g/mol. The van der Waals surface area contributed by atoms with Gasteiger partial charge in [0.2, 0.25) is 0 Å². The van der Waals surface area contributed by atoms with E-state index in [1.54, 1.807) is 0 Å². The SMILES string of the molecule is CN(C)P(=O)(O)CC(N)C=O. The van der Waals surface area contributed by atoms with Crippen molar-refractivity contribution in [3.8, 4) is 0 Å². The number of nitrogens with zero attached hydrogens (tertiary/aromatic N) is 1. The van der Waals surface area contributed by atoms with Gasteiger partial charge in [0.1, 0.15) is 6.29 Å². The molecule has 0 aromatic rings. The molecule has 3 N–H and O–H groups in total. The lowest BCUT2D eigenvalue weighted by molar-refractivity contribution is -0.108. The normalized spacial score (nSPS) is 19.4. The lowest BCUT2D eigenvalue weighted by Crippen LogP contribution is -2.28. The van der Waals surface area contributed by atoms with E-state index in [0.29, 0.717) is 6.29 Å². The van der Waals surface area contributed by atoms with Crippen molar-refractivity contribution in [2.75, 3.05) is 20.3 Å². The van der Waals surface area contributed by atoms with Crippen LogP contribution in [0.3, 0.4) is 0 Å². The van der Waals surface area contributed by atoms with Gasteiger partial charge in [0.15, 0.2) is 0 Å². The number of carbonyl (C=O) groups is 1. The molecule has 0 rings (SSSR count). The third-order valence-corrected chi connectivity index (χ3v) is 3.40. The second kappa shape index (κ2) is 3.97. The zero-order valence-corrected chi connectivity index (χ0v) is 7.49. The Balaban J connectivity index is 4.13. The molecule has 0 saturated carbocycles. The molecule has 5 nitrogen and oxygen atoms in total. The monoisotopic (exact) mass is 180 g/mol. The summed E-state index contributed by atoms with van der Waals surface area (Å²) in [6.07, 6.45) is 0.274. The van der Waals surface area contributed by atoms with E-state index in [-0.39, 0.29) is 6.16 Å². The Hall–Kier alpha value is -0.220. The third-order valence-electron chi connectivity index (χ3n) is 1.25. The van der Waals surface area contributed by atoms with Crippen LogP contribution in [0.25, 0.3) is 0 Å². The van der Waals surface area contributed by atoms with Crippen LogP contribution in [-0.4, -0.2) is 42.1 Å². The zero-order chi connectivity index (χ0) is 9.07. The summed E-state index contributed by atoms with van der Waals surface area (Å²) in [7, 11) is -0.419. The van der Waals surface area contributed by atoms with Gasteiger partial charge in [0, 0.05) is 0 Å². The molecule has 0 saturated heterocycles. The Morgan fingerprint density at radius 1 is 1.73 bits per heavy atom. The molecule has 0 bridgehead atoms. The van der Waals surface area contributed by atoms with Crippen LogP contribution in [0.15, 0.2) is 0 Å². The first-order valence-corrected chi connectivity index (χ1v) is 4.90.